The smallest absolute Gasteiger partial charge is 0.320 e. The van der Waals surface area contributed by atoms with Gasteiger partial charge in [-0.05, 0) is 42.4 Å². The highest BCUT2D eigenvalue weighted by Crippen LogP contribution is 2.26. The van der Waals surface area contributed by atoms with Gasteiger partial charge in [0.2, 0.25) is 0 Å². The fourth-order valence-corrected chi connectivity index (χ4v) is 3.08. The van der Waals surface area contributed by atoms with E-state index in [2.05, 4.69) is 50.4 Å². The maximum Gasteiger partial charge on any atom is 0.320 e. The fourth-order valence-electron chi connectivity index (χ4n) is 2.16. The minimum absolute atomic E-state index is 0.172. The van der Waals surface area contributed by atoms with Crippen molar-refractivity contribution < 1.29 is 9.90 Å². The van der Waals surface area contributed by atoms with Gasteiger partial charge in [-0.3, -0.25) is 4.79 Å². The number of thioether (sulfide) groups is 1. The van der Waals surface area contributed by atoms with Crippen molar-refractivity contribution >= 4 is 17.7 Å². The van der Waals surface area contributed by atoms with Crippen LogP contribution in [-0.2, 0) is 10.2 Å². The minimum atomic E-state index is -0.731. The van der Waals surface area contributed by atoms with E-state index >= 15 is 0 Å². The fraction of sp³-hybridized carbons (Fsp3) is 0.588. The third-order valence-corrected chi connectivity index (χ3v) is 4.75. The van der Waals surface area contributed by atoms with Crippen molar-refractivity contribution in [3.63, 3.8) is 0 Å². The van der Waals surface area contributed by atoms with Crippen LogP contribution in [0, 0.1) is 0 Å². The SMILES string of the molecule is CC(C)(C)c1ccc(SCCC(NC2CC2)C(=O)O)cc1. The Morgan fingerprint density at radius 3 is 2.43 bits per heavy atom. The van der Waals surface area contributed by atoms with Crippen LogP contribution in [0.5, 0.6) is 0 Å². The van der Waals surface area contributed by atoms with Crippen molar-refractivity contribution in [2.24, 2.45) is 0 Å². The minimum Gasteiger partial charge on any atom is -0.480 e. The van der Waals surface area contributed by atoms with E-state index in [9.17, 15) is 9.90 Å². The summed E-state index contributed by atoms with van der Waals surface area (Å²) in [6, 6.07) is 8.63. The van der Waals surface area contributed by atoms with Gasteiger partial charge in [0.05, 0.1) is 0 Å². The highest BCUT2D eigenvalue weighted by molar-refractivity contribution is 7.99. The lowest BCUT2D eigenvalue weighted by molar-refractivity contribution is -0.139. The summed E-state index contributed by atoms with van der Waals surface area (Å²) in [7, 11) is 0. The summed E-state index contributed by atoms with van der Waals surface area (Å²) in [5.41, 5.74) is 1.50. The molecule has 0 saturated heterocycles. The number of carboxylic acids is 1. The first-order valence-corrected chi connectivity index (χ1v) is 8.57. The molecule has 1 saturated carbocycles. The number of carbonyl (C=O) groups is 1. The average Bonchev–Trinajstić information content (AvgIpc) is 3.21. The van der Waals surface area contributed by atoms with E-state index in [4.69, 9.17) is 0 Å². The average molecular weight is 307 g/mol. The first kappa shape index (κ1) is 16.4. The molecule has 0 bridgehead atoms. The highest BCUT2D eigenvalue weighted by atomic mass is 32.2. The van der Waals surface area contributed by atoms with E-state index in [1.807, 2.05) is 0 Å². The van der Waals surface area contributed by atoms with Crippen LogP contribution in [0.4, 0.5) is 0 Å². The molecule has 0 aromatic heterocycles. The second-order valence-electron chi connectivity index (χ2n) is 6.74. The number of rotatable bonds is 7. The maximum atomic E-state index is 11.2. The summed E-state index contributed by atoms with van der Waals surface area (Å²) >= 11 is 1.73. The molecule has 0 spiro atoms. The molecular formula is C17H25NO2S. The predicted molar refractivity (Wildman–Crippen MR) is 88.1 cm³/mol. The summed E-state index contributed by atoms with van der Waals surface area (Å²) in [6.07, 6.45) is 2.90. The molecule has 0 amide bonds. The van der Waals surface area contributed by atoms with E-state index in [1.54, 1.807) is 11.8 Å². The molecule has 1 unspecified atom stereocenters. The van der Waals surface area contributed by atoms with Gasteiger partial charge in [-0.25, -0.2) is 0 Å². The van der Waals surface area contributed by atoms with Gasteiger partial charge in [-0.1, -0.05) is 32.9 Å². The van der Waals surface area contributed by atoms with Crippen LogP contribution < -0.4 is 5.32 Å². The molecule has 116 valence electrons. The van der Waals surface area contributed by atoms with E-state index in [0.29, 0.717) is 12.5 Å². The van der Waals surface area contributed by atoms with Crippen molar-refractivity contribution in [3.05, 3.63) is 29.8 Å². The Balaban J connectivity index is 1.80. The number of benzene rings is 1. The summed E-state index contributed by atoms with van der Waals surface area (Å²) in [6.45, 7) is 6.61. The van der Waals surface area contributed by atoms with E-state index in [1.165, 1.54) is 10.5 Å². The van der Waals surface area contributed by atoms with Crippen LogP contribution >= 0.6 is 11.8 Å². The zero-order valence-electron chi connectivity index (χ0n) is 13.1. The van der Waals surface area contributed by atoms with Crippen LogP contribution in [0.15, 0.2) is 29.2 Å². The second-order valence-corrected chi connectivity index (χ2v) is 7.91. The lowest BCUT2D eigenvalue weighted by Crippen LogP contribution is -2.38. The van der Waals surface area contributed by atoms with Gasteiger partial charge in [0.25, 0.3) is 0 Å². The Bertz CT molecular complexity index is 475. The van der Waals surface area contributed by atoms with Crippen LogP contribution in [-0.4, -0.2) is 28.9 Å². The molecule has 0 heterocycles. The Morgan fingerprint density at radius 1 is 1.33 bits per heavy atom. The van der Waals surface area contributed by atoms with E-state index < -0.39 is 12.0 Å². The molecule has 4 heteroatoms. The van der Waals surface area contributed by atoms with Gasteiger partial charge in [-0.2, -0.15) is 0 Å². The van der Waals surface area contributed by atoms with Gasteiger partial charge >= 0.3 is 5.97 Å². The van der Waals surface area contributed by atoms with Crippen LogP contribution in [0.1, 0.15) is 45.6 Å². The molecule has 3 nitrogen and oxygen atoms in total. The first-order chi connectivity index (χ1) is 9.86. The van der Waals surface area contributed by atoms with Crippen molar-refractivity contribution in [2.45, 2.75) is 62.4 Å². The molecule has 1 aliphatic carbocycles. The first-order valence-electron chi connectivity index (χ1n) is 7.58. The standard InChI is InChI=1S/C17H25NO2S/c1-17(2,3)12-4-8-14(9-5-12)21-11-10-15(16(19)20)18-13-6-7-13/h4-5,8-9,13,15,18H,6-7,10-11H2,1-3H3,(H,19,20). The molecular weight excluding hydrogens is 282 g/mol. The quantitative estimate of drug-likeness (QED) is 0.755. The zero-order valence-corrected chi connectivity index (χ0v) is 13.9. The lowest BCUT2D eigenvalue weighted by Gasteiger charge is -2.19. The van der Waals surface area contributed by atoms with Crippen molar-refractivity contribution in [1.29, 1.82) is 0 Å². The van der Waals surface area contributed by atoms with Gasteiger partial charge in [0.15, 0.2) is 0 Å². The number of hydrogen-bond acceptors (Lipinski definition) is 3. The summed E-state index contributed by atoms with van der Waals surface area (Å²) in [4.78, 5) is 12.4. The van der Waals surface area contributed by atoms with Crippen molar-refractivity contribution in [2.75, 3.05) is 5.75 Å². The molecule has 21 heavy (non-hydrogen) atoms. The van der Waals surface area contributed by atoms with Crippen LogP contribution in [0.3, 0.4) is 0 Å². The number of aliphatic carboxylic acids is 1. The third-order valence-electron chi connectivity index (χ3n) is 3.71. The van der Waals surface area contributed by atoms with Gasteiger partial charge in [0, 0.05) is 16.7 Å². The monoisotopic (exact) mass is 307 g/mol. The summed E-state index contributed by atoms with van der Waals surface area (Å²) < 4.78 is 0. The molecule has 0 radical (unpaired) electrons. The molecule has 1 fully saturated rings. The molecule has 1 aromatic carbocycles. The third kappa shape index (κ3) is 5.36. The maximum absolute atomic E-state index is 11.2. The topological polar surface area (TPSA) is 49.3 Å². The normalized spacial score (nSPS) is 16.7. The van der Waals surface area contributed by atoms with Crippen molar-refractivity contribution in [1.82, 2.24) is 5.32 Å². The van der Waals surface area contributed by atoms with Gasteiger partial charge in [0.1, 0.15) is 6.04 Å². The van der Waals surface area contributed by atoms with E-state index in [0.717, 1.165) is 18.6 Å². The summed E-state index contributed by atoms with van der Waals surface area (Å²) in [5, 5.41) is 12.4. The predicted octanol–water partition coefficient (Wildman–Crippen LogP) is 3.67. The Labute approximate surface area is 131 Å². The summed E-state index contributed by atoms with van der Waals surface area (Å²) in [5.74, 6) is 0.0940. The van der Waals surface area contributed by atoms with Crippen LogP contribution in [0.25, 0.3) is 0 Å². The molecule has 2 N–H and O–H groups in total. The lowest BCUT2D eigenvalue weighted by atomic mass is 9.87. The number of carboxylic acid groups (broad SMARTS) is 1. The molecule has 1 aromatic rings. The highest BCUT2D eigenvalue weighted by Gasteiger charge is 2.27. The molecule has 1 aliphatic rings. The van der Waals surface area contributed by atoms with E-state index in [-0.39, 0.29) is 5.41 Å². The largest absolute Gasteiger partial charge is 0.480 e. The Kier molecular flexibility index (Phi) is 5.33. The Hall–Kier alpha value is -1.00. The van der Waals surface area contributed by atoms with Crippen molar-refractivity contribution in [3.8, 4) is 0 Å². The molecule has 2 rings (SSSR count). The van der Waals surface area contributed by atoms with Crippen LogP contribution in [0.2, 0.25) is 0 Å². The Morgan fingerprint density at radius 2 is 1.95 bits per heavy atom. The zero-order chi connectivity index (χ0) is 15.5. The van der Waals surface area contributed by atoms with Gasteiger partial charge in [-0.15, -0.1) is 11.8 Å². The molecule has 0 aliphatic heterocycles. The molecule has 1 atom stereocenters. The number of nitrogens with one attached hydrogen (secondary N) is 1. The van der Waals surface area contributed by atoms with Gasteiger partial charge < -0.3 is 10.4 Å². The number of hydrogen-bond donors (Lipinski definition) is 2. The second kappa shape index (κ2) is 6.84.